The van der Waals surface area contributed by atoms with Gasteiger partial charge in [-0.05, 0) is 30.3 Å². The fourth-order valence-corrected chi connectivity index (χ4v) is 2.22. The van der Waals surface area contributed by atoms with E-state index in [0.29, 0.717) is 11.1 Å². The zero-order chi connectivity index (χ0) is 15.0. The Morgan fingerprint density at radius 2 is 2.10 bits per heavy atom. The first-order chi connectivity index (χ1) is 10.0. The summed E-state index contributed by atoms with van der Waals surface area (Å²) in [6, 6.07) is 8.64. The maximum absolute atomic E-state index is 13.1. The fraction of sp³-hybridized carbons (Fsp3) is 0.0714. The minimum Gasteiger partial charge on any atom is -0.357 e. The average molecular weight is 287 g/mol. The highest BCUT2D eigenvalue weighted by Crippen LogP contribution is 2.17. The van der Waals surface area contributed by atoms with E-state index >= 15 is 0 Å². The molecule has 106 valence electrons. The van der Waals surface area contributed by atoms with E-state index in [1.807, 2.05) is 0 Å². The molecule has 3 aromatic rings. The molecule has 0 fully saturated rings. The average Bonchev–Trinajstić information content (AvgIpc) is 2.82. The first kappa shape index (κ1) is 13.0. The Labute approximate surface area is 117 Å². The summed E-state index contributed by atoms with van der Waals surface area (Å²) in [7, 11) is 0. The van der Waals surface area contributed by atoms with Gasteiger partial charge in [-0.3, -0.25) is 14.9 Å². The number of aromatic nitrogens is 2. The summed E-state index contributed by atoms with van der Waals surface area (Å²) >= 11 is 0. The van der Waals surface area contributed by atoms with Gasteiger partial charge < -0.3 is 9.55 Å². The Morgan fingerprint density at radius 3 is 2.86 bits per heavy atom. The van der Waals surface area contributed by atoms with Crippen molar-refractivity contribution in [3.05, 3.63) is 74.6 Å². The van der Waals surface area contributed by atoms with Gasteiger partial charge in [-0.15, -0.1) is 0 Å². The van der Waals surface area contributed by atoms with Gasteiger partial charge in [0.2, 0.25) is 0 Å². The van der Waals surface area contributed by atoms with Crippen molar-refractivity contribution in [2.75, 3.05) is 0 Å². The highest BCUT2D eigenvalue weighted by atomic mass is 19.1. The highest BCUT2D eigenvalue weighted by molar-refractivity contribution is 5.80. The highest BCUT2D eigenvalue weighted by Gasteiger charge is 2.14. The van der Waals surface area contributed by atoms with Gasteiger partial charge in [-0.25, -0.2) is 4.39 Å². The number of aromatic amines is 1. The molecule has 0 saturated heterocycles. The molecule has 0 atom stereocenters. The van der Waals surface area contributed by atoms with Crippen LogP contribution in [0.3, 0.4) is 0 Å². The molecule has 0 unspecified atom stereocenters. The van der Waals surface area contributed by atoms with Crippen LogP contribution < -0.4 is 5.56 Å². The largest absolute Gasteiger partial charge is 0.357 e. The molecule has 0 aliphatic carbocycles. The number of hydrogen-bond donors (Lipinski definition) is 1. The molecule has 7 heteroatoms. The molecule has 0 aliphatic heterocycles. The topological polar surface area (TPSA) is 80.9 Å². The van der Waals surface area contributed by atoms with E-state index in [1.54, 1.807) is 12.1 Å². The monoisotopic (exact) mass is 287 g/mol. The van der Waals surface area contributed by atoms with Crippen molar-refractivity contribution in [3.8, 4) is 0 Å². The third kappa shape index (κ3) is 2.40. The summed E-state index contributed by atoms with van der Waals surface area (Å²) in [5.41, 5.74) is 0.259. The van der Waals surface area contributed by atoms with Crippen LogP contribution in [0.4, 0.5) is 10.1 Å². The van der Waals surface area contributed by atoms with Crippen molar-refractivity contribution in [1.29, 1.82) is 0 Å². The lowest BCUT2D eigenvalue weighted by Gasteiger charge is -2.02. The second-order valence-corrected chi connectivity index (χ2v) is 4.61. The third-order valence-corrected chi connectivity index (χ3v) is 3.18. The van der Waals surface area contributed by atoms with E-state index in [0.717, 1.165) is 5.52 Å². The van der Waals surface area contributed by atoms with Crippen LogP contribution in [0.1, 0.15) is 5.69 Å². The Bertz CT molecular complexity index is 898. The van der Waals surface area contributed by atoms with Crippen LogP contribution in [0.25, 0.3) is 10.9 Å². The number of nitro groups is 1. The quantitative estimate of drug-likeness (QED) is 0.593. The third-order valence-electron chi connectivity index (χ3n) is 3.18. The number of fused-ring (bicyclic) bond motifs is 1. The summed E-state index contributed by atoms with van der Waals surface area (Å²) in [5, 5.41) is 11.4. The van der Waals surface area contributed by atoms with Crippen LogP contribution in [-0.2, 0) is 6.54 Å². The molecule has 3 rings (SSSR count). The van der Waals surface area contributed by atoms with Crippen LogP contribution in [0, 0.1) is 15.9 Å². The molecule has 1 aromatic carbocycles. The predicted molar refractivity (Wildman–Crippen MR) is 74.7 cm³/mol. The van der Waals surface area contributed by atoms with E-state index in [9.17, 15) is 19.3 Å². The maximum Gasteiger partial charge on any atom is 0.334 e. The zero-order valence-corrected chi connectivity index (χ0v) is 10.7. The molecule has 0 radical (unpaired) electrons. The maximum atomic E-state index is 13.1. The summed E-state index contributed by atoms with van der Waals surface area (Å²) in [5.74, 6) is -0.347. The zero-order valence-electron chi connectivity index (χ0n) is 10.7. The predicted octanol–water partition coefficient (Wildman–Crippen LogP) is 2.43. The van der Waals surface area contributed by atoms with Crippen LogP contribution in [0.15, 0.2) is 47.4 Å². The number of hydrogen-bond acceptors (Lipinski definition) is 3. The van der Waals surface area contributed by atoms with E-state index in [1.165, 1.54) is 35.0 Å². The lowest BCUT2D eigenvalue weighted by Crippen LogP contribution is -2.22. The van der Waals surface area contributed by atoms with Crippen LogP contribution in [0.5, 0.6) is 0 Å². The normalized spacial score (nSPS) is 10.9. The summed E-state index contributed by atoms with van der Waals surface area (Å²) in [6.45, 7) is 0.150. The molecule has 6 nitrogen and oxygen atoms in total. The lowest BCUT2D eigenvalue weighted by atomic mass is 10.2. The first-order valence-electron chi connectivity index (χ1n) is 6.15. The number of nitrogens with one attached hydrogen (secondary N) is 1. The van der Waals surface area contributed by atoms with Crippen molar-refractivity contribution in [2.24, 2.45) is 0 Å². The summed E-state index contributed by atoms with van der Waals surface area (Å²) < 4.78 is 14.4. The molecule has 21 heavy (non-hydrogen) atoms. The molecular formula is C14H10FN3O3. The minimum absolute atomic E-state index is 0.150. The summed E-state index contributed by atoms with van der Waals surface area (Å²) in [4.78, 5) is 25.0. The molecule has 1 N–H and O–H groups in total. The van der Waals surface area contributed by atoms with Crippen molar-refractivity contribution < 1.29 is 9.31 Å². The van der Waals surface area contributed by atoms with Gasteiger partial charge in [0.15, 0.2) is 0 Å². The number of H-pyrrole nitrogens is 1. The Morgan fingerprint density at radius 1 is 1.29 bits per heavy atom. The SMILES string of the molecule is O=c1c([N+](=O)[O-])cccn1Cc1cc2cc(F)ccc2[nH]1. The Kier molecular flexibility index (Phi) is 3.02. The van der Waals surface area contributed by atoms with Gasteiger partial charge in [-0.2, -0.15) is 0 Å². The minimum atomic E-state index is -0.709. The molecule has 2 heterocycles. The number of halogens is 1. The van der Waals surface area contributed by atoms with Gasteiger partial charge in [-0.1, -0.05) is 0 Å². The number of pyridine rings is 1. The first-order valence-corrected chi connectivity index (χ1v) is 6.15. The van der Waals surface area contributed by atoms with Gasteiger partial charge in [0.25, 0.3) is 0 Å². The van der Waals surface area contributed by atoms with Crippen molar-refractivity contribution in [2.45, 2.75) is 6.54 Å². The smallest absolute Gasteiger partial charge is 0.334 e. The van der Waals surface area contributed by atoms with E-state index in [2.05, 4.69) is 4.98 Å². The fourth-order valence-electron chi connectivity index (χ4n) is 2.22. The molecule has 0 bridgehead atoms. The van der Waals surface area contributed by atoms with E-state index in [4.69, 9.17) is 0 Å². The van der Waals surface area contributed by atoms with Gasteiger partial charge in [0, 0.05) is 28.9 Å². The molecule has 0 saturated carbocycles. The molecule has 0 amide bonds. The molecule has 0 aliphatic rings. The van der Waals surface area contributed by atoms with Crippen molar-refractivity contribution in [3.63, 3.8) is 0 Å². The Balaban J connectivity index is 2.01. The standard InChI is InChI=1S/C14H10FN3O3/c15-10-3-4-12-9(6-10)7-11(16-12)8-17-5-1-2-13(14(17)19)18(20)21/h1-7,16H,8H2. The number of rotatable bonds is 3. The van der Waals surface area contributed by atoms with E-state index < -0.39 is 16.2 Å². The van der Waals surface area contributed by atoms with Crippen LogP contribution in [-0.4, -0.2) is 14.5 Å². The number of nitrogens with zero attached hydrogens (tertiary/aromatic N) is 2. The van der Waals surface area contributed by atoms with Crippen LogP contribution >= 0.6 is 0 Å². The molecule has 2 aromatic heterocycles. The van der Waals surface area contributed by atoms with Gasteiger partial charge in [0.05, 0.1) is 11.5 Å². The second-order valence-electron chi connectivity index (χ2n) is 4.61. The van der Waals surface area contributed by atoms with E-state index in [-0.39, 0.29) is 12.4 Å². The summed E-state index contributed by atoms with van der Waals surface area (Å²) in [6.07, 6.45) is 1.47. The van der Waals surface area contributed by atoms with Gasteiger partial charge >= 0.3 is 11.2 Å². The molecular weight excluding hydrogens is 277 g/mol. The second kappa shape index (κ2) is 4.86. The van der Waals surface area contributed by atoms with Crippen molar-refractivity contribution in [1.82, 2.24) is 9.55 Å². The van der Waals surface area contributed by atoms with Crippen molar-refractivity contribution >= 4 is 16.6 Å². The van der Waals surface area contributed by atoms with Gasteiger partial charge in [0.1, 0.15) is 5.82 Å². The number of benzene rings is 1. The lowest BCUT2D eigenvalue weighted by molar-refractivity contribution is -0.386. The van der Waals surface area contributed by atoms with Crippen LogP contribution in [0.2, 0.25) is 0 Å². The molecule has 0 spiro atoms. The Hall–Kier alpha value is -2.96.